The van der Waals surface area contributed by atoms with Crippen LogP contribution in [0.4, 0.5) is 4.39 Å². The number of carbonyl (C=O) groups excluding carboxylic acids is 2. The van der Waals surface area contributed by atoms with E-state index in [1.165, 1.54) is 6.07 Å². The second-order valence-electron chi connectivity index (χ2n) is 6.58. The van der Waals surface area contributed by atoms with Crippen molar-refractivity contribution >= 4 is 35.8 Å². The molecule has 8 heteroatoms. The highest BCUT2D eigenvalue weighted by atomic mass is 35.5. The number of carbonyl (C=O) groups is 2. The third kappa shape index (κ3) is 6.78. The van der Waals surface area contributed by atoms with Crippen LogP contribution in [-0.4, -0.2) is 24.4 Å². The van der Waals surface area contributed by atoms with Crippen LogP contribution in [0.2, 0.25) is 5.02 Å². The zero-order valence-electron chi connectivity index (χ0n) is 15.7. The van der Waals surface area contributed by atoms with Gasteiger partial charge < -0.3 is 16.4 Å². The van der Waals surface area contributed by atoms with Crippen LogP contribution in [-0.2, 0) is 16.1 Å². The molecule has 0 bridgehead atoms. The average Bonchev–Trinajstić information content (AvgIpc) is 2.64. The topological polar surface area (TPSA) is 84.2 Å². The van der Waals surface area contributed by atoms with Gasteiger partial charge in [0, 0.05) is 17.1 Å². The molecule has 2 aromatic rings. The summed E-state index contributed by atoms with van der Waals surface area (Å²) in [6.45, 7) is 3.46. The van der Waals surface area contributed by atoms with Gasteiger partial charge in [0.1, 0.15) is 5.82 Å². The van der Waals surface area contributed by atoms with Crippen molar-refractivity contribution in [3.05, 3.63) is 58.9 Å². The van der Waals surface area contributed by atoms with E-state index in [2.05, 4.69) is 10.6 Å². The summed E-state index contributed by atoms with van der Waals surface area (Å²) >= 11 is 5.86. The standard InChI is InChI=1S/C20H23ClFN3O2.ClH/c1-12(2)19(23)20(27)25-11-18(26)24-10-15-4-3-14(9-17(15)22)13-5-7-16(21)8-6-13;/h3-9,12,19H,10-11,23H2,1-2H3,(H,24,26)(H,25,27);1H/t19-;/m0./s1. The molecular weight excluding hydrogens is 404 g/mol. The van der Waals surface area contributed by atoms with Gasteiger partial charge in [-0.05, 0) is 35.2 Å². The highest BCUT2D eigenvalue weighted by Gasteiger charge is 2.17. The van der Waals surface area contributed by atoms with Crippen LogP contribution in [0.3, 0.4) is 0 Å². The molecule has 0 aliphatic heterocycles. The van der Waals surface area contributed by atoms with Crippen molar-refractivity contribution < 1.29 is 14.0 Å². The van der Waals surface area contributed by atoms with Crippen LogP contribution in [0.1, 0.15) is 19.4 Å². The Balaban J connectivity index is 0.00000392. The van der Waals surface area contributed by atoms with Crippen molar-refractivity contribution in [1.82, 2.24) is 10.6 Å². The van der Waals surface area contributed by atoms with Crippen LogP contribution < -0.4 is 16.4 Å². The molecule has 0 fully saturated rings. The fraction of sp³-hybridized carbons (Fsp3) is 0.300. The minimum atomic E-state index is -0.671. The number of amides is 2. The highest BCUT2D eigenvalue weighted by Crippen LogP contribution is 2.23. The van der Waals surface area contributed by atoms with Crippen molar-refractivity contribution in [2.75, 3.05) is 6.54 Å². The third-order valence-electron chi connectivity index (χ3n) is 4.15. The predicted octanol–water partition coefficient (Wildman–Crippen LogP) is 3.28. The Labute approximate surface area is 175 Å². The first-order chi connectivity index (χ1) is 12.8. The average molecular weight is 428 g/mol. The molecule has 0 unspecified atom stereocenters. The van der Waals surface area contributed by atoms with Gasteiger partial charge in [-0.25, -0.2) is 4.39 Å². The fourth-order valence-corrected chi connectivity index (χ4v) is 2.48. The molecule has 0 saturated carbocycles. The van der Waals surface area contributed by atoms with Gasteiger partial charge in [-0.15, -0.1) is 12.4 Å². The van der Waals surface area contributed by atoms with E-state index in [9.17, 15) is 14.0 Å². The quantitative estimate of drug-likeness (QED) is 0.633. The van der Waals surface area contributed by atoms with Gasteiger partial charge in [0.15, 0.2) is 0 Å². The predicted molar refractivity (Wildman–Crippen MR) is 112 cm³/mol. The Morgan fingerprint density at radius 3 is 2.25 bits per heavy atom. The van der Waals surface area contributed by atoms with E-state index in [4.69, 9.17) is 17.3 Å². The first-order valence-electron chi connectivity index (χ1n) is 8.62. The Bertz CT molecular complexity index is 814. The highest BCUT2D eigenvalue weighted by molar-refractivity contribution is 6.30. The lowest BCUT2D eigenvalue weighted by molar-refractivity contribution is -0.127. The van der Waals surface area contributed by atoms with Gasteiger partial charge in [0.25, 0.3) is 0 Å². The zero-order chi connectivity index (χ0) is 20.0. The summed E-state index contributed by atoms with van der Waals surface area (Å²) < 4.78 is 14.3. The minimum Gasteiger partial charge on any atom is -0.350 e. The Morgan fingerprint density at radius 1 is 1.07 bits per heavy atom. The van der Waals surface area contributed by atoms with E-state index in [0.29, 0.717) is 16.1 Å². The molecule has 1 atom stereocenters. The SMILES string of the molecule is CC(C)[C@H](N)C(=O)NCC(=O)NCc1ccc(-c2ccc(Cl)cc2)cc1F.Cl. The summed E-state index contributed by atoms with van der Waals surface area (Å²) in [5, 5.41) is 5.66. The van der Waals surface area contributed by atoms with Crippen molar-refractivity contribution in [1.29, 1.82) is 0 Å². The zero-order valence-corrected chi connectivity index (χ0v) is 17.2. The number of hydrogen-bond acceptors (Lipinski definition) is 3. The number of hydrogen-bond donors (Lipinski definition) is 3. The maximum absolute atomic E-state index is 14.3. The molecule has 2 rings (SSSR count). The van der Waals surface area contributed by atoms with Gasteiger partial charge in [0.05, 0.1) is 12.6 Å². The maximum Gasteiger partial charge on any atom is 0.239 e. The minimum absolute atomic E-state index is 0. The van der Waals surface area contributed by atoms with Crippen molar-refractivity contribution in [3.8, 4) is 11.1 Å². The van der Waals surface area contributed by atoms with Crippen LogP contribution in [0.5, 0.6) is 0 Å². The molecule has 28 heavy (non-hydrogen) atoms. The monoisotopic (exact) mass is 427 g/mol. The molecule has 0 heterocycles. The molecule has 0 aromatic heterocycles. The molecular formula is C20H24Cl2FN3O2. The summed E-state index contributed by atoms with van der Waals surface area (Å²) in [5.74, 6) is -1.26. The molecule has 2 aromatic carbocycles. The lowest BCUT2D eigenvalue weighted by atomic mass is 10.0. The van der Waals surface area contributed by atoms with Gasteiger partial charge in [-0.3, -0.25) is 9.59 Å². The van der Waals surface area contributed by atoms with Gasteiger partial charge in [-0.2, -0.15) is 0 Å². The van der Waals surface area contributed by atoms with Crippen LogP contribution >= 0.6 is 24.0 Å². The first kappa shape index (κ1) is 23.9. The smallest absolute Gasteiger partial charge is 0.239 e. The van der Waals surface area contributed by atoms with Crippen molar-refractivity contribution in [2.24, 2.45) is 11.7 Å². The number of benzene rings is 2. The molecule has 152 valence electrons. The molecule has 0 saturated heterocycles. The normalized spacial score (nSPS) is 11.5. The van der Waals surface area contributed by atoms with Crippen LogP contribution in [0.15, 0.2) is 42.5 Å². The van der Waals surface area contributed by atoms with E-state index in [-0.39, 0.29) is 31.4 Å². The summed E-state index contributed by atoms with van der Waals surface area (Å²) in [6.07, 6.45) is 0. The second-order valence-corrected chi connectivity index (χ2v) is 7.01. The van der Waals surface area contributed by atoms with E-state index < -0.39 is 23.7 Å². The molecule has 0 radical (unpaired) electrons. The number of nitrogens with one attached hydrogen (secondary N) is 2. The third-order valence-corrected chi connectivity index (χ3v) is 4.40. The second kappa shape index (κ2) is 11.0. The summed E-state index contributed by atoms with van der Waals surface area (Å²) in [6, 6.07) is 11.2. The van der Waals surface area contributed by atoms with Gasteiger partial charge in [0.2, 0.25) is 11.8 Å². The molecule has 0 spiro atoms. The molecule has 0 aliphatic carbocycles. The van der Waals surface area contributed by atoms with Crippen LogP contribution in [0, 0.1) is 11.7 Å². The van der Waals surface area contributed by atoms with E-state index >= 15 is 0 Å². The van der Waals surface area contributed by atoms with E-state index in [1.54, 1.807) is 24.3 Å². The number of rotatable bonds is 7. The molecule has 2 amide bonds. The van der Waals surface area contributed by atoms with Gasteiger partial charge >= 0.3 is 0 Å². The van der Waals surface area contributed by atoms with E-state index in [1.807, 2.05) is 26.0 Å². The molecule has 0 aliphatic rings. The van der Waals surface area contributed by atoms with Crippen LogP contribution in [0.25, 0.3) is 11.1 Å². The number of nitrogens with two attached hydrogens (primary N) is 1. The van der Waals surface area contributed by atoms with Crippen molar-refractivity contribution in [3.63, 3.8) is 0 Å². The van der Waals surface area contributed by atoms with E-state index in [0.717, 1.165) is 5.56 Å². The molecule has 5 nitrogen and oxygen atoms in total. The Morgan fingerprint density at radius 2 is 1.68 bits per heavy atom. The largest absolute Gasteiger partial charge is 0.350 e. The molecule has 4 N–H and O–H groups in total. The Kier molecular flexibility index (Phi) is 9.38. The summed E-state index contributed by atoms with van der Waals surface area (Å²) in [4.78, 5) is 23.6. The summed E-state index contributed by atoms with van der Waals surface area (Å²) in [7, 11) is 0. The number of halogens is 3. The fourth-order valence-electron chi connectivity index (χ4n) is 2.36. The first-order valence-corrected chi connectivity index (χ1v) is 9.00. The lowest BCUT2D eigenvalue weighted by Crippen LogP contribution is -2.47. The Hall–Kier alpha value is -2.15. The lowest BCUT2D eigenvalue weighted by Gasteiger charge is -2.15. The maximum atomic E-state index is 14.3. The van der Waals surface area contributed by atoms with Gasteiger partial charge in [-0.1, -0.05) is 49.7 Å². The van der Waals surface area contributed by atoms with Crippen molar-refractivity contribution in [2.45, 2.75) is 26.4 Å². The summed E-state index contributed by atoms with van der Waals surface area (Å²) in [5.41, 5.74) is 7.62.